The van der Waals surface area contributed by atoms with Gasteiger partial charge in [-0.1, -0.05) is 6.07 Å². The number of carbonyl (C=O) groups is 1. The van der Waals surface area contributed by atoms with Crippen LogP contribution in [-0.2, 0) is 16.0 Å². The minimum absolute atomic E-state index is 0.0386. The van der Waals surface area contributed by atoms with Gasteiger partial charge in [-0.05, 0) is 43.2 Å². The number of benzene rings is 2. The number of ether oxygens (including phenoxy) is 4. The Morgan fingerprint density at radius 2 is 2.12 bits per heavy atom. The summed E-state index contributed by atoms with van der Waals surface area (Å²) in [5.74, 6) is 1.88. The maximum absolute atomic E-state index is 14.8. The summed E-state index contributed by atoms with van der Waals surface area (Å²) in [6, 6.07) is 12.2. The third kappa shape index (κ3) is 3.86. The molecule has 0 fully saturated rings. The highest BCUT2D eigenvalue weighted by atomic mass is 19.1. The van der Waals surface area contributed by atoms with E-state index >= 15 is 0 Å². The quantitative estimate of drug-likeness (QED) is 0.501. The van der Waals surface area contributed by atoms with Crippen molar-refractivity contribution in [2.24, 2.45) is 0 Å². The van der Waals surface area contributed by atoms with Crippen LogP contribution in [0.25, 0.3) is 0 Å². The second kappa shape index (κ2) is 8.49. The van der Waals surface area contributed by atoms with Gasteiger partial charge in [-0.2, -0.15) is 0 Å². The molecule has 0 radical (unpaired) electrons. The molecule has 2 aliphatic rings. The molecule has 0 saturated heterocycles. The summed E-state index contributed by atoms with van der Waals surface area (Å²) >= 11 is 0. The van der Waals surface area contributed by atoms with E-state index in [4.69, 9.17) is 18.9 Å². The lowest BCUT2D eigenvalue weighted by molar-refractivity contribution is -0.141. The molecule has 0 bridgehead atoms. The third-order valence-electron chi connectivity index (χ3n) is 5.89. The maximum atomic E-state index is 14.8. The van der Waals surface area contributed by atoms with Gasteiger partial charge < -0.3 is 18.9 Å². The Balaban J connectivity index is 1.35. The Hall–Kier alpha value is -3.61. The lowest BCUT2D eigenvalue weighted by Gasteiger charge is -2.17. The summed E-state index contributed by atoms with van der Waals surface area (Å²) in [6.07, 6.45) is 4.43. The maximum Gasteiger partial charge on any atom is 0.306 e. The van der Waals surface area contributed by atoms with Crippen LogP contribution >= 0.6 is 0 Å². The van der Waals surface area contributed by atoms with E-state index in [9.17, 15) is 9.18 Å². The molecule has 0 N–H and O–H groups in total. The van der Waals surface area contributed by atoms with Gasteiger partial charge in [0.2, 0.25) is 0 Å². The molecule has 0 saturated carbocycles. The normalized spacial score (nSPS) is 18.4. The number of esters is 1. The van der Waals surface area contributed by atoms with Gasteiger partial charge in [-0.25, -0.2) is 4.39 Å². The van der Waals surface area contributed by atoms with Crippen LogP contribution < -0.4 is 14.2 Å². The zero-order valence-corrected chi connectivity index (χ0v) is 17.5. The number of nitrogens with zero attached hydrogens (tertiary/aromatic N) is 1. The molecule has 2 atom stereocenters. The van der Waals surface area contributed by atoms with Gasteiger partial charge in [0.1, 0.15) is 34.9 Å². The molecule has 6 nitrogen and oxygen atoms in total. The Morgan fingerprint density at radius 3 is 2.94 bits per heavy atom. The van der Waals surface area contributed by atoms with Crippen molar-refractivity contribution < 1.29 is 28.1 Å². The molecule has 7 heteroatoms. The fourth-order valence-electron chi connectivity index (χ4n) is 4.34. The van der Waals surface area contributed by atoms with E-state index in [2.05, 4.69) is 4.98 Å². The van der Waals surface area contributed by atoms with E-state index < -0.39 is 6.10 Å². The van der Waals surface area contributed by atoms with Crippen molar-refractivity contribution in [3.05, 3.63) is 77.4 Å². The summed E-state index contributed by atoms with van der Waals surface area (Å²) < 4.78 is 37.4. The first-order valence-corrected chi connectivity index (χ1v) is 10.5. The van der Waals surface area contributed by atoms with Crippen LogP contribution in [0.5, 0.6) is 23.0 Å². The molecule has 2 aromatic carbocycles. The molecule has 3 aromatic rings. The molecule has 0 amide bonds. The number of rotatable bonds is 6. The number of halogens is 1. The molecule has 0 spiro atoms. The SMILES string of the molecule is COC(=O)CC1COc2cc(O[C@@H]3CCc4c(Oc5cccnc5)ccc(F)c43)ccc21. The van der Waals surface area contributed by atoms with Crippen LogP contribution in [0.15, 0.2) is 54.9 Å². The molecule has 2 heterocycles. The van der Waals surface area contributed by atoms with E-state index in [0.29, 0.717) is 48.0 Å². The van der Waals surface area contributed by atoms with Gasteiger partial charge in [-0.3, -0.25) is 9.78 Å². The van der Waals surface area contributed by atoms with Gasteiger partial charge in [0.25, 0.3) is 0 Å². The van der Waals surface area contributed by atoms with E-state index in [1.54, 1.807) is 30.6 Å². The second-order valence-corrected chi connectivity index (χ2v) is 7.86. The van der Waals surface area contributed by atoms with Gasteiger partial charge in [0.15, 0.2) is 0 Å². The van der Waals surface area contributed by atoms with Gasteiger partial charge >= 0.3 is 5.97 Å². The third-order valence-corrected chi connectivity index (χ3v) is 5.89. The Morgan fingerprint density at radius 1 is 1.22 bits per heavy atom. The summed E-state index contributed by atoms with van der Waals surface area (Å²) in [5.41, 5.74) is 2.29. The van der Waals surface area contributed by atoms with Crippen molar-refractivity contribution in [3.63, 3.8) is 0 Å². The molecule has 1 aromatic heterocycles. The summed E-state index contributed by atoms with van der Waals surface area (Å²) in [5, 5.41) is 0. The summed E-state index contributed by atoms with van der Waals surface area (Å²) in [4.78, 5) is 15.7. The average molecular weight is 435 g/mol. The van der Waals surface area contributed by atoms with Crippen molar-refractivity contribution in [2.45, 2.75) is 31.3 Å². The predicted molar refractivity (Wildman–Crippen MR) is 114 cm³/mol. The van der Waals surface area contributed by atoms with E-state index in [1.165, 1.54) is 13.2 Å². The standard InChI is InChI=1S/C25H22FNO5/c1-29-24(28)11-15-14-30-23-12-16(4-5-18(15)23)31-22-8-6-19-21(9-7-20(26)25(19)22)32-17-3-2-10-27-13-17/h2-5,7,9-10,12-13,15,22H,6,8,11,14H2,1H3/t15?,22-/m1/s1. The molecular formula is C25H22FNO5. The molecule has 1 aliphatic heterocycles. The highest BCUT2D eigenvalue weighted by molar-refractivity contribution is 5.71. The van der Waals surface area contributed by atoms with Crippen molar-refractivity contribution in [1.29, 1.82) is 0 Å². The average Bonchev–Trinajstić information content (AvgIpc) is 3.41. The number of carbonyl (C=O) groups excluding carboxylic acids is 1. The molecule has 1 aliphatic carbocycles. The van der Waals surface area contributed by atoms with Crippen molar-refractivity contribution in [1.82, 2.24) is 4.98 Å². The molecule has 1 unspecified atom stereocenters. The zero-order chi connectivity index (χ0) is 22.1. The second-order valence-electron chi connectivity index (χ2n) is 7.86. The van der Waals surface area contributed by atoms with E-state index in [0.717, 1.165) is 11.1 Å². The number of hydrogen-bond acceptors (Lipinski definition) is 6. The van der Waals surface area contributed by atoms with Crippen LogP contribution in [0.3, 0.4) is 0 Å². The molecule has 164 valence electrons. The summed E-state index contributed by atoms with van der Waals surface area (Å²) in [7, 11) is 1.38. The lowest BCUT2D eigenvalue weighted by atomic mass is 9.98. The lowest BCUT2D eigenvalue weighted by Crippen LogP contribution is -2.09. The molecular weight excluding hydrogens is 413 g/mol. The molecule has 5 rings (SSSR count). The number of methoxy groups -OCH3 is 1. The molecule has 32 heavy (non-hydrogen) atoms. The number of fused-ring (bicyclic) bond motifs is 2. The summed E-state index contributed by atoms with van der Waals surface area (Å²) in [6.45, 7) is 0.420. The highest BCUT2D eigenvalue weighted by Gasteiger charge is 2.32. The number of aromatic nitrogens is 1. The predicted octanol–water partition coefficient (Wildman–Crippen LogP) is 5.12. The van der Waals surface area contributed by atoms with Crippen LogP contribution in [0.2, 0.25) is 0 Å². The van der Waals surface area contributed by atoms with Crippen molar-refractivity contribution in [2.75, 3.05) is 13.7 Å². The topological polar surface area (TPSA) is 66.9 Å². The minimum atomic E-state index is -0.423. The van der Waals surface area contributed by atoms with Gasteiger partial charge in [-0.15, -0.1) is 0 Å². The highest BCUT2D eigenvalue weighted by Crippen LogP contribution is 2.44. The van der Waals surface area contributed by atoms with Crippen LogP contribution in [0.4, 0.5) is 4.39 Å². The largest absolute Gasteiger partial charge is 0.492 e. The van der Waals surface area contributed by atoms with Gasteiger partial charge in [0, 0.05) is 34.9 Å². The van der Waals surface area contributed by atoms with Crippen LogP contribution in [0, 0.1) is 5.82 Å². The number of hydrogen-bond donors (Lipinski definition) is 0. The Bertz CT molecular complexity index is 1150. The zero-order valence-electron chi connectivity index (χ0n) is 17.5. The monoisotopic (exact) mass is 435 g/mol. The number of pyridine rings is 1. The van der Waals surface area contributed by atoms with Crippen LogP contribution in [-0.4, -0.2) is 24.7 Å². The fourth-order valence-corrected chi connectivity index (χ4v) is 4.34. The first kappa shape index (κ1) is 20.3. The van der Waals surface area contributed by atoms with E-state index in [-0.39, 0.29) is 24.1 Å². The van der Waals surface area contributed by atoms with Gasteiger partial charge in [0.05, 0.1) is 26.3 Å². The first-order chi connectivity index (χ1) is 15.6. The Kier molecular flexibility index (Phi) is 5.39. The minimum Gasteiger partial charge on any atom is -0.492 e. The Labute approximate surface area is 184 Å². The fraction of sp³-hybridized carbons (Fsp3) is 0.280. The van der Waals surface area contributed by atoms with Crippen molar-refractivity contribution in [3.8, 4) is 23.0 Å². The van der Waals surface area contributed by atoms with E-state index in [1.807, 2.05) is 18.2 Å². The smallest absolute Gasteiger partial charge is 0.306 e. The first-order valence-electron chi connectivity index (χ1n) is 10.5. The van der Waals surface area contributed by atoms with Crippen molar-refractivity contribution >= 4 is 5.97 Å². The van der Waals surface area contributed by atoms with Crippen LogP contribution in [0.1, 0.15) is 41.6 Å².